The summed E-state index contributed by atoms with van der Waals surface area (Å²) in [4.78, 5) is 38.3. The predicted molar refractivity (Wildman–Crippen MR) is 117 cm³/mol. The highest BCUT2D eigenvalue weighted by molar-refractivity contribution is 5.95. The van der Waals surface area contributed by atoms with Crippen molar-refractivity contribution >= 4 is 17.7 Å². The van der Waals surface area contributed by atoms with Crippen molar-refractivity contribution in [3.8, 4) is 0 Å². The van der Waals surface area contributed by atoms with Gasteiger partial charge in [0.2, 0.25) is 0 Å². The van der Waals surface area contributed by atoms with Crippen LogP contribution in [0.4, 0.5) is 10.5 Å². The van der Waals surface area contributed by atoms with Gasteiger partial charge in [0.1, 0.15) is 0 Å². The zero-order valence-electron chi connectivity index (χ0n) is 17.1. The van der Waals surface area contributed by atoms with Gasteiger partial charge in [-0.25, -0.2) is 4.79 Å². The Hall–Kier alpha value is -3.87. The van der Waals surface area contributed by atoms with Crippen LogP contribution in [0.25, 0.3) is 0 Å². The van der Waals surface area contributed by atoms with Crippen LogP contribution in [0.2, 0.25) is 0 Å². The number of hydrogen-bond donors (Lipinski definition) is 1. The van der Waals surface area contributed by atoms with Gasteiger partial charge in [-0.1, -0.05) is 42.5 Å². The van der Waals surface area contributed by atoms with Crippen LogP contribution in [-0.2, 0) is 17.9 Å². The first-order valence-corrected chi connectivity index (χ1v) is 10.2. The van der Waals surface area contributed by atoms with E-state index in [4.69, 9.17) is 4.84 Å². The summed E-state index contributed by atoms with van der Waals surface area (Å²) in [5, 5.41) is 0. The van der Waals surface area contributed by atoms with E-state index in [1.807, 2.05) is 54.6 Å². The van der Waals surface area contributed by atoms with Crippen LogP contribution in [0.15, 0.2) is 79.1 Å². The molecule has 0 spiro atoms. The third-order valence-corrected chi connectivity index (χ3v) is 5.13. The molecule has 0 aliphatic carbocycles. The number of pyridine rings is 1. The maximum absolute atomic E-state index is 12.8. The second-order valence-corrected chi connectivity index (χ2v) is 7.39. The van der Waals surface area contributed by atoms with Gasteiger partial charge < -0.3 is 9.74 Å². The summed E-state index contributed by atoms with van der Waals surface area (Å²) < 4.78 is 0. The second kappa shape index (κ2) is 9.75. The van der Waals surface area contributed by atoms with E-state index in [-0.39, 0.29) is 0 Å². The summed E-state index contributed by atoms with van der Waals surface area (Å²) in [5.41, 5.74) is 5.55. The van der Waals surface area contributed by atoms with Crippen molar-refractivity contribution in [2.24, 2.45) is 0 Å². The van der Waals surface area contributed by atoms with E-state index in [9.17, 15) is 9.59 Å². The fourth-order valence-corrected chi connectivity index (χ4v) is 3.33. The summed E-state index contributed by atoms with van der Waals surface area (Å²) in [6, 6.07) is 20.6. The minimum atomic E-state index is -0.639. The number of nitrogens with zero attached hydrogens (tertiary/aromatic N) is 3. The molecule has 0 saturated carbocycles. The van der Waals surface area contributed by atoms with Crippen molar-refractivity contribution < 1.29 is 14.4 Å². The molecular formula is C24H24N4O3. The Morgan fingerprint density at radius 3 is 2.45 bits per heavy atom. The molecule has 1 aliphatic rings. The highest BCUT2D eigenvalue weighted by Crippen LogP contribution is 2.21. The van der Waals surface area contributed by atoms with Gasteiger partial charge in [0.05, 0.1) is 6.54 Å². The zero-order chi connectivity index (χ0) is 21.5. The molecule has 0 radical (unpaired) electrons. The number of rotatable bonds is 6. The fraction of sp³-hybridized carbons (Fsp3) is 0.208. The number of nitrogens with one attached hydrogen (secondary N) is 1. The van der Waals surface area contributed by atoms with Crippen molar-refractivity contribution in [1.82, 2.24) is 15.4 Å². The van der Waals surface area contributed by atoms with Crippen LogP contribution >= 0.6 is 0 Å². The maximum Gasteiger partial charge on any atom is 0.434 e. The molecule has 1 aromatic heterocycles. The van der Waals surface area contributed by atoms with Crippen molar-refractivity contribution in [3.05, 3.63) is 95.8 Å². The van der Waals surface area contributed by atoms with E-state index in [2.05, 4.69) is 15.4 Å². The van der Waals surface area contributed by atoms with E-state index >= 15 is 0 Å². The Morgan fingerprint density at radius 2 is 1.74 bits per heavy atom. The summed E-state index contributed by atoms with van der Waals surface area (Å²) in [5.74, 6) is -0.461. The van der Waals surface area contributed by atoms with Crippen molar-refractivity contribution in [2.45, 2.75) is 19.5 Å². The predicted octanol–water partition coefficient (Wildman–Crippen LogP) is 3.78. The largest absolute Gasteiger partial charge is 0.434 e. The summed E-state index contributed by atoms with van der Waals surface area (Å²) in [6.07, 6.45) is 3.89. The third kappa shape index (κ3) is 5.39. The molecule has 7 heteroatoms. The molecule has 158 valence electrons. The summed E-state index contributed by atoms with van der Waals surface area (Å²) in [7, 11) is 0. The van der Waals surface area contributed by atoms with Gasteiger partial charge in [-0.05, 0) is 41.8 Å². The minimum absolute atomic E-state index is 0.307. The lowest BCUT2D eigenvalue weighted by Crippen LogP contribution is -2.38. The number of anilines is 1. The Kier molecular flexibility index (Phi) is 6.42. The fourth-order valence-electron chi connectivity index (χ4n) is 3.33. The van der Waals surface area contributed by atoms with Gasteiger partial charge in [0, 0.05) is 43.3 Å². The van der Waals surface area contributed by atoms with Crippen LogP contribution in [-0.4, -0.2) is 35.0 Å². The Labute approximate surface area is 181 Å². The molecule has 7 nitrogen and oxygen atoms in total. The standard InChI is InChI=1S/C24H24N4O3/c29-23(21-10-4-11-22(15-21)27-13-6-14-27)26-31-24(30)28(17-19-7-2-1-3-8-19)18-20-9-5-12-25-16-20/h1-5,7-12,15-16H,6,13-14,17-18H2,(H,26,29). The molecule has 3 aromatic rings. The Bertz CT molecular complexity index is 982. The zero-order valence-corrected chi connectivity index (χ0v) is 17.1. The molecule has 0 atom stereocenters. The number of hydroxylamine groups is 1. The Morgan fingerprint density at radius 1 is 0.968 bits per heavy atom. The van der Waals surface area contributed by atoms with Crippen LogP contribution < -0.4 is 10.4 Å². The molecule has 1 N–H and O–H groups in total. The van der Waals surface area contributed by atoms with E-state index in [0.29, 0.717) is 18.7 Å². The summed E-state index contributed by atoms with van der Waals surface area (Å²) >= 11 is 0. The van der Waals surface area contributed by atoms with Crippen LogP contribution in [0, 0.1) is 0 Å². The molecular weight excluding hydrogens is 392 g/mol. The van der Waals surface area contributed by atoms with E-state index in [1.54, 1.807) is 24.5 Å². The molecule has 0 unspecified atom stereocenters. The van der Waals surface area contributed by atoms with Crippen molar-refractivity contribution in [1.29, 1.82) is 0 Å². The van der Waals surface area contributed by atoms with Gasteiger partial charge in [0.15, 0.2) is 0 Å². The van der Waals surface area contributed by atoms with E-state index < -0.39 is 12.0 Å². The SMILES string of the molecule is O=C(NOC(=O)N(Cc1ccccc1)Cc1cccnc1)c1cccc(N2CCC2)c1. The number of amides is 2. The van der Waals surface area contributed by atoms with Crippen molar-refractivity contribution in [2.75, 3.05) is 18.0 Å². The first-order valence-electron chi connectivity index (χ1n) is 10.2. The number of carbonyl (C=O) groups excluding carboxylic acids is 2. The third-order valence-electron chi connectivity index (χ3n) is 5.13. The topological polar surface area (TPSA) is 74.8 Å². The van der Waals surface area contributed by atoms with Gasteiger partial charge in [-0.15, -0.1) is 0 Å². The lowest BCUT2D eigenvalue weighted by molar-refractivity contribution is 0.0397. The smallest absolute Gasteiger partial charge is 0.371 e. The van der Waals surface area contributed by atoms with Gasteiger partial charge >= 0.3 is 6.09 Å². The molecule has 2 heterocycles. The first kappa shape index (κ1) is 20.4. The average molecular weight is 416 g/mol. The number of hydrogen-bond acceptors (Lipinski definition) is 5. The van der Waals surface area contributed by atoms with E-state index in [1.165, 1.54) is 4.90 Å². The lowest BCUT2D eigenvalue weighted by atomic mass is 10.1. The molecule has 1 saturated heterocycles. The summed E-state index contributed by atoms with van der Waals surface area (Å²) in [6.45, 7) is 2.63. The quantitative estimate of drug-likeness (QED) is 0.619. The molecule has 1 aliphatic heterocycles. The minimum Gasteiger partial charge on any atom is -0.371 e. The molecule has 0 bridgehead atoms. The number of benzene rings is 2. The van der Waals surface area contributed by atoms with Crippen LogP contribution in [0.3, 0.4) is 0 Å². The van der Waals surface area contributed by atoms with Crippen LogP contribution in [0.1, 0.15) is 27.9 Å². The van der Waals surface area contributed by atoms with E-state index in [0.717, 1.165) is 36.3 Å². The molecule has 31 heavy (non-hydrogen) atoms. The highest BCUT2D eigenvalue weighted by Gasteiger charge is 2.20. The second-order valence-electron chi connectivity index (χ2n) is 7.39. The lowest BCUT2D eigenvalue weighted by Gasteiger charge is -2.33. The van der Waals surface area contributed by atoms with Crippen LogP contribution in [0.5, 0.6) is 0 Å². The normalized spacial score (nSPS) is 12.6. The van der Waals surface area contributed by atoms with Gasteiger partial charge in [-0.3, -0.25) is 14.7 Å². The monoisotopic (exact) mass is 416 g/mol. The highest BCUT2D eigenvalue weighted by atomic mass is 16.7. The molecule has 2 aromatic carbocycles. The average Bonchev–Trinajstić information content (AvgIpc) is 2.77. The molecule has 4 rings (SSSR count). The Balaban J connectivity index is 1.41. The number of aromatic nitrogens is 1. The van der Waals surface area contributed by atoms with Gasteiger partial charge in [-0.2, -0.15) is 5.48 Å². The maximum atomic E-state index is 12.8. The number of carbonyl (C=O) groups is 2. The van der Waals surface area contributed by atoms with Gasteiger partial charge in [0.25, 0.3) is 5.91 Å². The molecule has 2 amide bonds. The van der Waals surface area contributed by atoms with Crippen molar-refractivity contribution in [3.63, 3.8) is 0 Å². The molecule has 1 fully saturated rings. The first-order chi connectivity index (χ1) is 15.2.